The summed E-state index contributed by atoms with van der Waals surface area (Å²) in [4.78, 5) is 13.4. The summed E-state index contributed by atoms with van der Waals surface area (Å²) in [5.41, 5.74) is 7.25. The minimum atomic E-state index is 0.0705. The minimum Gasteiger partial charge on any atom is -0.508 e. The first-order valence-corrected chi connectivity index (χ1v) is 14.0. The van der Waals surface area contributed by atoms with E-state index < -0.39 is 0 Å². The molecule has 41 heavy (non-hydrogen) atoms. The molecule has 4 heteroatoms. The first kappa shape index (κ1) is 26.4. The topological polar surface area (TPSA) is 55.8 Å². The average Bonchev–Trinajstić information content (AvgIpc) is 3.02. The normalized spacial score (nSPS) is 14.3. The molecule has 204 valence electrons. The second kappa shape index (κ2) is 12.1. The third kappa shape index (κ3) is 6.33. The van der Waals surface area contributed by atoms with Gasteiger partial charge in [-0.1, -0.05) is 84.9 Å². The summed E-state index contributed by atoms with van der Waals surface area (Å²) in [6, 6.07) is 39.5. The van der Waals surface area contributed by atoms with Crippen LogP contribution in [0.15, 0.2) is 121 Å². The van der Waals surface area contributed by atoms with Crippen LogP contribution in [0.1, 0.15) is 56.1 Å². The molecule has 0 bridgehead atoms. The van der Waals surface area contributed by atoms with Crippen molar-refractivity contribution in [3.63, 3.8) is 0 Å². The van der Waals surface area contributed by atoms with Crippen LogP contribution in [0.5, 0.6) is 17.2 Å². The smallest absolute Gasteiger partial charge is 0.163 e. The van der Waals surface area contributed by atoms with Gasteiger partial charge in [0, 0.05) is 24.0 Å². The van der Waals surface area contributed by atoms with Crippen LogP contribution in [0.2, 0.25) is 0 Å². The fourth-order valence-electron chi connectivity index (χ4n) is 5.51. The molecule has 0 radical (unpaired) electrons. The van der Waals surface area contributed by atoms with Crippen molar-refractivity contribution >= 4 is 5.78 Å². The number of rotatable bonds is 9. The fourth-order valence-corrected chi connectivity index (χ4v) is 5.51. The molecular weight excluding hydrogens is 508 g/mol. The van der Waals surface area contributed by atoms with Gasteiger partial charge < -0.3 is 14.6 Å². The third-order valence-corrected chi connectivity index (χ3v) is 7.73. The lowest BCUT2D eigenvalue weighted by Gasteiger charge is -2.28. The van der Waals surface area contributed by atoms with Gasteiger partial charge in [0.05, 0.1) is 0 Å². The standard InChI is InChI=1S/C37H32O4/c38-31-15-11-26(12-16-31)21-35-34-22-30(29-13-17-32(18-14-29)40-24-27-7-3-1-4-8-27)23-36(39)33(34)19-20-37(35)41-25-28-9-5-2-6-10-28/h1-20,30,38H,21-25H2. The highest BCUT2D eigenvalue weighted by Gasteiger charge is 2.29. The number of hydrogen-bond acceptors (Lipinski definition) is 4. The summed E-state index contributed by atoms with van der Waals surface area (Å²) in [6.45, 7) is 0.964. The van der Waals surface area contributed by atoms with E-state index in [2.05, 4.69) is 12.1 Å². The Balaban J connectivity index is 1.27. The Labute approximate surface area is 240 Å². The Morgan fingerprint density at radius 2 is 1.27 bits per heavy atom. The number of hydrogen-bond donors (Lipinski definition) is 1. The number of ketones is 1. The van der Waals surface area contributed by atoms with E-state index in [0.717, 1.165) is 56.9 Å². The molecule has 0 aliphatic heterocycles. The van der Waals surface area contributed by atoms with E-state index in [1.807, 2.05) is 97.1 Å². The Bertz CT molecular complexity index is 1610. The van der Waals surface area contributed by atoms with Crippen molar-refractivity contribution < 1.29 is 19.4 Å². The molecule has 5 aromatic carbocycles. The summed E-state index contributed by atoms with van der Waals surface area (Å²) in [5, 5.41) is 9.81. The number of phenols is 1. The van der Waals surface area contributed by atoms with Crippen LogP contribution >= 0.6 is 0 Å². The van der Waals surface area contributed by atoms with Gasteiger partial charge in [-0.15, -0.1) is 0 Å². The quantitative estimate of drug-likeness (QED) is 0.205. The van der Waals surface area contributed by atoms with E-state index in [0.29, 0.717) is 26.1 Å². The lowest BCUT2D eigenvalue weighted by atomic mass is 9.76. The Morgan fingerprint density at radius 1 is 0.634 bits per heavy atom. The van der Waals surface area contributed by atoms with Crippen molar-refractivity contribution in [2.75, 3.05) is 0 Å². The number of aromatic hydroxyl groups is 1. The van der Waals surface area contributed by atoms with Crippen molar-refractivity contribution in [3.8, 4) is 17.2 Å². The predicted molar refractivity (Wildman–Crippen MR) is 161 cm³/mol. The number of carbonyl (C=O) groups excluding carboxylic acids is 1. The number of carbonyl (C=O) groups is 1. The molecule has 0 heterocycles. The molecule has 1 aliphatic carbocycles. The highest BCUT2D eigenvalue weighted by atomic mass is 16.5. The lowest BCUT2D eigenvalue weighted by Crippen LogP contribution is -2.21. The molecular formula is C37H32O4. The van der Waals surface area contributed by atoms with Crippen LogP contribution in [-0.2, 0) is 26.1 Å². The van der Waals surface area contributed by atoms with E-state index in [4.69, 9.17) is 9.47 Å². The molecule has 1 aliphatic rings. The molecule has 0 spiro atoms. The zero-order chi connectivity index (χ0) is 28.0. The van der Waals surface area contributed by atoms with Gasteiger partial charge in [-0.3, -0.25) is 4.79 Å². The van der Waals surface area contributed by atoms with Crippen molar-refractivity contribution in [2.45, 2.75) is 38.4 Å². The van der Waals surface area contributed by atoms with E-state index in [-0.39, 0.29) is 17.5 Å². The maximum atomic E-state index is 13.4. The average molecular weight is 541 g/mol. The van der Waals surface area contributed by atoms with Gasteiger partial charge in [0.2, 0.25) is 0 Å². The predicted octanol–water partition coefficient (Wildman–Crippen LogP) is 8.05. The van der Waals surface area contributed by atoms with E-state index in [9.17, 15) is 9.90 Å². The first-order valence-electron chi connectivity index (χ1n) is 14.0. The van der Waals surface area contributed by atoms with Gasteiger partial charge in [-0.25, -0.2) is 0 Å². The summed E-state index contributed by atoms with van der Waals surface area (Å²) in [5.74, 6) is 2.06. The molecule has 0 fully saturated rings. The molecule has 6 rings (SSSR count). The van der Waals surface area contributed by atoms with Crippen LogP contribution in [-0.4, -0.2) is 10.9 Å². The van der Waals surface area contributed by atoms with Crippen molar-refractivity contribution in [1.29, 1.82) is 0 Å². The van der Waals surface area contributed by atoms with Gasteiger partial charge in [0.15, 0.2) is 5.78 Å². The van der Waals surface area contributed by atoms with Gasteiger partial charge in [0.25, 0.3) is 0 Å². The highest BCUT2D eigenvalue weighted by molar-refractivity contribution is 5.99. The molecule has 0 aromatic heterocycles. The van der Waals surface area contributed by atoms with Gasteiger partial charge in [0.1, 0.15) is 30.5 Å². The van der Waals surface area contributed by atoms with Crippen LogP contribution in [0.4, 0.5) is 0 Å². The number of Topliss-reactive ketones (excluding diaryl/α,β-unsaturated/α-hetero) is 1. The molecule has 0 amide bonds. The second-order valence-corrected chi connectivity index (χ2v) is 10.6. The van der Waals surface area contributed by atoms with Crippen LogP contribution in [0.3, 0.4) is 0 Å². The molecule has 0 saturated carbocycles. The lowest BCUT2D eigenvalue weighted by molar-refractivity contribution is 0.0964. The maximum absolute atomic E-state index is 13.4. The monoisotopic (exact) mass is 540 g/mol. The van der Waals surface area contributed by atoms with E-state index in [1.54, 1.807) is 12.1 Å². The molecule has 1 N–H and O–H groups in total. The van der Waals surface area contributed by atoms with Gasteiger partial charge in [-0.2, -0.15) is 0 Å². The highest BCUT2D eigenvalue weighted by Crippen LogP contribution is 2.39. The van der Waals surface area contributed by atoms with Crippen molar-refractivity contribution in [3.05, 3.63) is 160 Å². The zero-order valence-electron chi connectivity index (χ0n) is 22.8. The summed E-state index contributed by atoms with van der Waals surface area (Å²) in [6.07, 6.45) is 1.83. The van der Waals surface area contributed by atoms with Gasteiger partial charge in [-0.05, 0) is 76.6 Å². The van der Waals surface area contributed by atoms with E-state index >= 15 is 0 Å². The number of fused-ring (bicyclic) bond motifs is 1. The van der Waals surface area contributed by atoms with Crippen LogP contribution in [0.25, 0.3) is 0 Å². The second-order valence-electron chi connectivity index (χ2n) is 10.6. The third-order valence-electron chi connectivity index (χ3n) is 7.73. The Kier molecular flexibility index (Phi) is 7.81. The summed E-state index contributed by atoms with van der Waals surface area (Å²) < 4.78 is 12.3. The van der Waals surface area contributed by atoms with Crippen LogP contribution in [0, 0.1) is 0 Å². The number of ether oxygens (including phenoxy) is 2. The zero-order valence-corrected chi connectivity index (χ0v) is 22.8. The van der Waals surface area contributed by atoms with Crippen molar-refractivity contribution in [1.82, 2.24) is 0 Å². The molecule has 0 saturated heterocycles. The minimum absolute atomic E-state index is 0.0705. The number of benzene rings is 5. The largest absolute Gasteiger partial charge is 0.508 e. The SMILES string of the molecule is O=C1CC(c2ccc(OCc3ccccc3)cc2)Cc2c1ccc(OCc1ccccc1)c2Cc1ccc(O)cc1. The fraction of sp³-hybridized carbons (Fsp3) is 0.162. The molecule has 4 nitrogen and oxygen atoms in total. The maximum Gasteiger partial charge on any atom is 0.163 e. The number of phenolic OH excluding ortho intramolecular Hbond substituents is 1. The first-order chi connectivity index (χ1) is 20.1. The van der Waals surface area contributed by atoms with Crippen molar-refractivity contribution in [2.24, 2.45) is 0 Å². The molecule has 1 atom stereocenters. The summed E-state index contributed by atoms with van der Waals surface area (Å²) >= 11 is 0. The van der Waals surface area contributed by atoms with E-state index in [1.165, 1.54) is 0 Å². The molecule has 1 unspecified atom stereocenters. The molecule has 5 aromatic rings. The Morgan fingerprint density at radius 3 is 1.93 bits per heavy atom. The van der Waals surface area contributed by atoms with Crippen LogP contribution < -0.4 is 9.47 Å². The Hall–Kier alpha value is -4.83. The summed E-state index contributed by atoms with van der Waals surface area (Å²) in [7, 11) is 0. The van der Waals surface area contributed by atoms with Gasteiger partial charge >= 0.3 is 0 Å².